The molecular weight excluding hydrogens is 1260 g/mol. The van der Waals surface area contributed by atoms with E-state index in [0.29, 0.717) is 64.1 Å². The van der Waals surface area contributed by atoms with E-state index in [0.717, 1.165) is 21.7 Å². The number of benzene rings is 2. The van der Waals surface area contributed by atoms with Gasteiger partial charge in [-0.3, -0.25) is 38.5 Å². The number of carbonyl (C=O) groups is 6. The molecule has 5 aromatic rings. The lowest BCUT2D eigenvalue weighted by atomic mass is 9.85. The summed E-state index contributed by atoms with van der Waals surface area (Å²) in [7, 11) is 1.96. The number of alkyl halides is 3. The van der Waals surface area contributed by atoms with Crippen LogP contribution in [-0.4, -0.2) is 218 Å². The minimum absolute atomic E-state index is 0.00225. The SMILES string of the molecule is Cc1ncsc1-c1ccc(CNC(=O)[C@@H]2C[C@@H](O)CN2C(=O)[C@@H](NC(=O)CCOCCOCCOCCOCCNC(=O)CCC(=O)N2CCN(c3ncc(-c4cc(NC(=O)c5c[nH]c(=O)cc5C(F)(F)F)c(N5C[C@@H](C)N(C)[C@@H](C)C5)cc4F)cn3)CC2)C(C)(C)C)cc1. The maximum absolute atomic E-state index is 16.2. The van der Waals surface area contributed by atoms with Gasteiger partial charge in [0.1, 0.15) is 17.9 Å². The number of carbonyl (C=O) groups excluding carboxylic acids is 6. The molecule has 6 N–H and O–H groups in total. The van der Waals surface area contributed by atoms with Crippen molar-refractivity contribution in [2.75, 3.05) is 127 Å². The van der Waals surface area contributed by atoms with E-state index < -0.39 is 75.9 Å². The number of H-pyrrole nitrogens is 1. The summed E-state index contributed by atoms with van der Waals surface area (Å²) in [6.45, 7) is 16.0. The van der Waals surface area contributed by atoms with E-state index in [1.54, 1.807) is 21.7 Å². The number of amides is 6. The summed E-state index contributed by atoms with van der Waals surface area (Å²) in [6, 6.07) is 8.81. The molecule has 6 amide bonds. The number of likely N-dealkylation sites (N-methyl/N-ethyl adjacent to an activating group) is 1. The number of nitrogens with zero attached hydrogens (tertiary/aromatic N) is 8. The molecule has 6 heterocycles. The van der Waals surface area contributed by atoms with Crippen molar-refractivity contribution in [2.24, 2.45) is 5.41 Å². The van der Waals surface area contributed by atoms with Crippen molar-refractivity contribution < 1.29 is 70.4 Å². The molecule has 0 unspecified atom stereocenters. The van der Waals surface area contributed by atoms with Crippen molar-refractivity contribution in [3.63, 3.8) is 0 Å². The van der Waals surface area contributed by atoms with Crippen LogP contribution in [0.4, 0.5) is 34.9 Å². The van der Waals surface area contributed by atoms with Gasteiger partial charge in [-0.05, 0) is 56.5 Å². The third kappa shape index (κ3) is 20.3. The molecule has 3 aliphatic heterocycles. The number of pyridine rings is 1. The lowest BCUT2D eigenvalue weighted by molar-refractivity contribution is -0.144. The Labute approximate surface area is 552 Å². The second-order valence-corrected chi connectivity index (χ2v) is 25.7. The van der Waals surface area contributed by atoms with Gasteiger partial charge < -0.3 is 69.9 Å². The molecule has 3 fully saturated rings. The van der Waals surface area contributed by atoms with E-state index in [9.17, 15) is 51.8 Å². The Morgan fingerprint density at radius 1 is 0.768 bits per heavy atom. The Bertz CT molecular complexity index is 3480. The number of hydrogen-bond donors (Lipinski definition) is 6. The molecule has 3 saturated heterocycles. The van der Waals surface area contributed by atoms with Crippen LogP contribution in [0.15, 0.2) is 71.4 Å². The van der Waals surface area contributed by atoms with Crippen molar-refractivity contribution in [3.8, 4) is 21.6 Å². The summed E-state index contributed by atoms with van der Waals surface area (Å²) >= 11 is 1.56. The number of rotatable bonds is 29. The van der Waals surface area contributed by atoms with Crippen LogP contribution in [0, 0.1) is 18.2 Å². The standard InChI is InChI=1S/C65H85F4N13O12S/c1-40-36-81(37-41(2)78(40)7)52-31-50(66)47(29-51(52)76-60(88)48-35-71-56(86)30-49(48)65(67,68)69)45-33-73-63(74-34-45)80-18-16-79(17-19-80)57(87)13-12-54(84)70-15-21-92-23-25-94-27-26-93-24-22-91-20-14-55(85)77-59(64(4,5)6)62(90)82-38-46(83)28-53(82)61(89)72-32-43-8-10-44(11-9-43)58-42(3)75-39-95-58/h8-11,29-31,33-35,39-41,46,53,59,83H,12-28,32,36-38H2,1-7H3,(H,70,84)(H,71,86)(H,72,89)(H,76,88)(H,77,85)/t40-,41+,46-,53+,59-/m1/s1. The summed E-state index contributed by atoms with van der Waals surface area (Å²) in [5, 5.41) is 21.6. The fourth-order valence-corrected chi connectivity index (χ4v) is 12.1. The van der Waals surface area contributed by atoms with E-state index in [-0.39, 0.29) is 138 Å². The van der Waals surface area contributed by atoms with E-state index >= 15 is 4.39 Å². The summed E-state index contributed by atoms with van der Waals surface area (Å²) in [5.41, 5.74) is 1.15. The van der Waals surface area contributed by atoms with E-state index in [1.807, 2.05) is 82.7 Å². The maximum atomic E-state index is 16.2. The number of ether oxygens (including phenoxy) is 4. The first-order valence-corrected chi connectivity index (χ1v) is 32.5. The fraction of sp³-hybridized carbons (Fsp3) is 0.538. The molecule has 95 heavy (non-hydrogen) atoms. The summed E-state index contributed by atoms with van der Waals surface area (Å²) in [5.74, 6) is -3.29. The molecule has 0 saturated carbocycles. The second kappa shape index (κ2) is 33.6. The Balaban J connectivity index is 0.658. The molecule has 0 aliphatic carbocycles. The highest BCUT2D eigenvalue weighted by molar-refractivity contribution is 7.13. The molecular formula is C65H85F4N13O12S. The molecule has 0 spiro atoms. The number of piperazine rings is 2. The molecule has 3 aromatic heterocycles. The number of aliphatic hydroxyl groups excluding tert-OH is 1. The zero-order valence-corrected chi connectivity index (χ0v) is 55.3. The van der Waals surface area contributed by atoms with Gasteiger partial charge in [0.2, 0.25) is 41.0 Å². The molecule has 2 aromatic carbocycles. The van der Waals surface area contributed by atoms with Crippen LogP contribution in [0.1, 0.15) is 87.5 Å². The number of aryl methyl sites for hydroxylation is 1. The number of aromatic nitrogens is 4. The molecule has 25 nitrogen and oxygen atoms in total. The maximum Gasteiger partial charge on any atom is 0.417 e. The van der Waals surface area contributed by atoms with Gasteiger partial charge in [-0.2, -0.15) is 13.2 Å². The molecule has 3 aliphatic rings. The Morgan fingerprint density at radius 2 is 1.40 bits per heavy atom. The first-order chi connectivity index (χ1) is 45.2. The van der Waals surface area contributed by atoms with Gasteiger partial charge in [0, 0.05) is 132 Å². The highest BCUT2D eigenvalue weighted by Crippen LogP contribution is 2.38. The number of halogens is 4. The molecule has 0 radical (unpaired) electrons. The third-order valence-corrected chi connectivity index (χ3v) is 17.8. The number of nitrogens with one attached hydrogen (secondary N) is 5. The molecule has 0 bridgehead atoms. The number of hydrogen-bond acceptors (Lipinski definition) is 19. The monoisotopic (exact) mass is 1350 g/mol. The third-order valence-electron chi connectivity index (χ3n) is 16.8. The predicted molar refractivity (Wildman–Crippen MR) is 347 cm³/mol. The first kappa shape index (κ1) is 72.8. The van der Waals surface area contributed by atoms with Gasteiger partial charge in [-0.25, -0.2) is 19.3 Å². The average molecular weight is 1350 g/mol. The summed E-state index contributed by atoms with van der Waals surface area (Å²) in [4.78, 5) is 117. The van der Waals surface area contributed by atoms with Crippen molar-refractivity contribution in [1.29, 1.82) is 0 Å². The second-order valence-electron chi connectivity index (χ2n) is 24.8. The molecule has 8 rings (SSSR count). The van der Waals surface area contributed by atoms with Crippen molar-refractivity contribution >= 4 is 64.1 Å². The minimum atomic E-state index is -5.01. The quantitative estimate of drug-likeness (QED) is 0.0271. The van der Waals surface area contributed by atoms with Crippen LogP contribution in [0.3, 0.4) is 0 Å². The lowest BCUT2D eigenvalue weighted by Crippen LogP contribution is -2.57. The van der Waals surface area contributed by atoms with Crippen molar-refractivity contribution in [2.45, 2.75) is 110 Å². The number of β-amino-alcohol motifs (C(OH)–C–C–N with tert-alkyl or cyclic N) is 1. The summed E-state index contributed by atoms with van der Waals surface area (Å²) in [6.07, 6.45) is -2.38. The average Bonchev–Trinajstić information content (AvgIpc) is 1.71. The van der Waals surface area contributed by atoms with Gasteiger partial charge in [-0.1, -0.05) is 45.0 Å². The highest BCUT2D eigenvalue weighted by Gasteiger charge is 2.45. The number of aromatic amines is 1. The number of anilines is 3. The van der Waals surface area contributed by atoms with Gasteiger partial charge in [0.25, 0.3) is 5.91 Å². The highest BCUT2D eigenvalue weighted by atomic mass is 32.1. The van der Waals surface area contributed by atoms with Crippen LogP contribution < -0.4 is 36.6 Å². The van der Waals surface area contributed by atoms with Gasteiger partial charge in [0.15, 0.2) is 0 Å². The Kier molecular flexibility index (Phi) is 25.8. The number of aliphatic hydroxyl groups is 1. The molecule has 516 valence electrons. The lowest BCUT2D eigenvalue weighted by Gasteiger charge is -2.44. The van der Waals surface area contributed by atoms with E-state index in [2.05, 4.69) is 46.1 Å². The predicted octanol–water partition coefficient (Wildman–Crippen LogP) is 5.01. The van der Waals surface area contributed by atoms with Crippen LogP contribution in [0.5, 0.6) is 0 Å². The first-order valence-electron chi connectivity index (χ1n) is 31.6. The molecule has 30 heteroatoms. The zero-order valence-electron chi connectivity index (χ0n) is 54.5. The smallest absolute Gasteiger partial charge is 0.391 e. The van der Waals surface area contributed by atoms with Crippen LogP contribution in [0.2, 0.25) is 0 Å². The van der Waals surface area contributed by atoms with Crippen molar-refractivity contribution in [1.82, 2.24) is 50.6 Å². The van der Waals surface area contributed by atoms with Gasteiger partial charge in [-0.15, -0.1) is 11.3 Å². The van der Waals surface area contributed by atoms with Gasteiger partial charge >= 0.3 is 6.18 Å². The van der Waals surface area contributed by atoms with Crippen LogP contribution in [-0.2, 0) is 55.6 Å². The Hall–Kier alpha value is -8.00. The topological polar surface area (TPSA) is 295 Å². The van der Waals surface area contributed by atoms with E-state index in [4.69, 9.17) is 18.9 Å². The fourth-order valence-electron chi connectivity index (χ4n) is 11.3. The van der Waals surface area contributed by atoms with Crippen molar-refractivity contribution in [3.05, 3.63) is 105 Å². The van der Waals surface area contributed by atoms with Gasteiger partial charge in [0.05, 0.1) is 97.5 Å². The minimum Gasteiger partial charge on any atom is -0.391 e. The molecule has 5 atom stereocenters. The van der Waals surface area contributed by atoms with Crippen LogP contribution >= 0.6 is 11.3 Å². The number of likely N-dealkylation sites (tertiary alicyclic amines) is 1. The summed E-state index contributed by atoms with van der Waals surface area (Å²) < 4.78 is 80.4. The normalized spacial score (nSPS) is 18.2. The Morgan fingerprint density at radius 3 is 2.01 bits per heavy atom. The van der Waals surface area contributed by atoms with Crippen LogP contribution in [0.25, 0.3) is 21.6 Å². The number of thiazole rings is 1. The van der Waals surface area contributed by atoms with E-state index in [1.165, 1.54) is 29.4 Å². The largest absolute Gasteiger partial charge is 0.417 e. The zero-order chi connectivity index (χ0) is 68.6.